The van der Waals surface area contributed by atoms with E-state index in [0.29, 0.717) is 30.8 Å². The van der Waals surface area contributed by atoms with Gasteiger partial charge >= 0.3 is 0 Å². The number of rotatable bonds is 8. The van der Waals surface area contributed by atoms with Crippen molar-refractivity contribution in [3.05, 3.63) is 81.5 Å². The standard InChI is InChI=1S/C23H22ClF2N5O3/c1-3-31(4-2)23(34)14-7-5-6-13(8-14)12-27-22(33)19-11-20(30-29-19)28-21(32)15-9-17(25)18(26)10-16(15)24/h5-11H,3-4,12H2,1-2H3,(H,27,33)(H2,28,29,30,32). The van der Waals surface area contributed by atoms with Crippen LogP contribution >= 0.6 is 11.6 Å². The van der Waals surface area contributed by atoms with Gasteiger partial charge in [0.25, 0.3) is 17.7 Å². The molecule has 0 fully saturated rings. The predicted octanol–water partition coefficient (Wildman–Crippen LogP) is 4.01. The van der Waals surface area contributed by atoms with Crippen LogP contribution < -0.4 is 10.6 Å². The molecule has 0 spiro atoms. The van der Waals surface area contributed by atoms with Crippen molar-refractivity contribution >= 4 is 35.1 Å². The number of nitrogens with zero attached hydrogens (tertiary/aromatic N) is 2. The first-order chi connectivity index (χ1) is 16.2. The highest BCUT2D eigenvalue weighted by atomic mass is 35.5. The second-order valence-corrected chi connectivity index (χ2v) is 7.63. The van der Waals surface area contributed by atoms with Gasteiger partial charge in [-0.25, -0.2) is 8.78 Å². The number of nitrogens with one attached hydrogen (secondary N) is 3. The van der Waals surface area contributed by atoms with Crippen LogP contribution in [0.1, 0.15) is 50.6 Å². The molecular formula is C23H22ClF2N5O3. The Labute approximate surface area is 199 Å². The molecule has 0 radical (unpaired) electrons. The average molecular weight is 490 g/mol. The molecule has 0 atom stereocenters. The second-order valence-electron chi connectivity index (χ2n) is 7.23. The van der Waals surface area contributed by atoms with E-state index in [2.05, 4.69) is 20.8 Å². The first-order valence-electron chi connectivity index (χ1n) is 10.4. The summed E-state index contributed by atoms with van der Waals surface area (Å²) in [6.07, 6.45) is 0. The molecule has 11 heteroatoms. The van der Waals surface area contributed by atoms with Crippen LogP contribution in [0, 0.1) is 11.6 Å². The summed E-state index contributed by atoms with van der Waals surface area (Å²) in [5.41, 5.74) is 0.960. The molecule has 8 nitrogen and oxygen atoms in total. The number of anilines is 1. The Morgan fingerprint density at radius 2 is 1.74 bits per heavy atom. The predicted molar refractivity (Wildman–Crippen MR) is 123 cm³/mol. The quantitative estimate of drug-likeness (QED) is 0.415. The van der Waals surface area contributed by atoms with E-state index in [-0.39, 0.29) is 34.5 Å². The maximum atomic E-state index is 13.4. The fraction of sp³-hybridized carbons (Fsp3) is 0.217. The molecule has 1 aromatic heterocycles. The lowest BCUT2D eigenvalue weighted by atomic mass is 10.1. The van der Waals surface area contributed by atoms with Crippen molar-refractivity contribution in [1.82, 2.24) is 20.4 Å². The van der Waals surface area contributed by atoms with Gasteiger partial charge in [-0.05, 0) is 43.7 Å². The number of hydrogen-bond acceptors (Lipinski definition) is 4. The van der Waals surface area contributed by atoms with Crippen molar-refractivity contribution in [2.24, 2.45) is 0 Å². The highest BCUT2D eigenvalue weighted by Gasteiger charge is 2.18. The summed E-state index contributed by atoms with van der Waals surface area (Å²) in [4.78, 5) is 39.0. The van der Waals surface area contributed by atoms with E-state index in [0.717, 1.165) is 5.56 Å². The Morgan fingerprint density at radius 1 is 1.03 bits per heavy atom. The Balaban J connectivity index is 1.62. The van der Waals surface area contributed by atoms with E-state index in [9.17, 15) is 23.2 Å². The molecule has 0 aliphatic heterocycles. The molecule has 0 bridgehead atoms. The number of benzene rings is 2. The van der Waals surface area contributed by atoms with Gasteiger partial charge in [0.2, 0.25) is 0 Å². The molecule has 178 valence electrons. The fourth-order valence-corrected chi connectivity index (χ4v) is 3.41. The van der Waals surface area contributed by atoms with Crippen LogP contribution in [0.3, 0.4) is 0 Å². The normalized spacial score (nSPS) is 10.6. The van der Waals surface area contributed by atoms with Gasteiger partial charge in [-0.1, -0.05) is 23.7 Å². The average Bonchev–Trinajstić information content (AvgIpc) is 3.29. The van der Waals surface area contributed by atoms with Crippen molar-refractivity contribution < 1.29 is 23.2 Å². The lowest BCUT2D eigenvalue weighted by Gasteiger charge is -2.19. The highest BCUT2D eigenvalue weighted by Crippen LogP contribution is 2.21. The lowest BCUT2D eigenvalue weighted by molar-refractivity contribution is 0.0772. The molecule has 0 aliphatic rings. The van der Waals surface area contributed by atoms with Crippen molar-refractivity contribution in [2.45, 2.75) is 20.4 Å². The molecule has 3 N–H and O–H groups in total. The molecule has 0 unspecified atom stereocenters. The van der Waals surface area contributed by atoms with Crippen LogP contribution in [0.5, 0.6) is 0 Å². The van der Waals surface area contributed by atoms with Crippen LogP contribution in [0.4, 0.5) is 14.6 Å². The Kier molecular flexibility index (Phi) is 7.95. The summed E-state index contributed by atoms with van der Waals surface area (Å²) in [5.74, 6) is -3.76. The van der Waals surface area contributed by atoms with Crippen LogP contribution in [0.15, 0.2) is 42.5 Å². The first kappa shape index (κ1) is 24.8. The van der Waals surface area contributed by atoms with E-state index in [1.54, 1.807) is 29.2 Å². The molecule has 0 saturated heterocycles. The Hall–Kier alpha value is -3.79. The summed E-state index contributed by atoms with van der Waals surface area (Å²) in [7, 11) is 0. The van der Waals surface area contributed by atoms with Crippen molar-refractivity contribution in [3.63, 3.8) is 0 Å². The maximum absolute atomic E-state index is 13.4. The number of carbonyl (C=O) groups is 3. The summed E-state index contributed by atoms with van der Waals surface area (Å²) >= 11 is 5.80. The summed E-state index contributed by atoms with van der Waals surface area (Å²) in [5, 5.41) is 11.1. The largest absolute Gasteiger partial charge is 0.347 e. The fourth-order valence-electron chi connectivity index (χ4n) is 3.17. The molecule has 1 heterocycles. The van der Waals surface area contributed by atoms with Gasteiger partial charge in [0.1, 0.15) is 5.82 Å². The van der Waals surface area contributed by atoms with E-state index >= 15 is 0 Å². The molecule has 2 aromatic carbocycles. The van der Waals surface area contributed by atoms with Gasteiger partial charge in [0, 0.05) is 31.3 Å². The van der Waals surface area contributed by atoms with Crippen LogP contribution in [0.2, 0.25) is 5.02 Å². The molecule has 0 aliphatic carbocycles. The van der Waals surface area contributed by atoms with Gasteiger partial charge in [0.15, 0.2) is 17.3 Å². The molecular weight excluding hydrogens is 468 g/mol. The highest BCUT2D eigenvalue weighted by molar-refractivity contribution is 6.34. The third-order valence-electron chi connectivity index (χ3n) is 4.99. The van der Waals surface area contributed by atoms with E-state index in [1.807, 2.05) is 13.8 Å². The lowest BCUT2D eigenvalue weighted by Crippen LogP contribution is -2.30. The smallest absolute Gasteiger partial charge is 0.272 e. The van der Waals surface area contributed by atoms with E-state index < -0.39 is 23.4 Å². The van der Waals surface area contributed by atoms with Crippen LogP contribution in [-0.4, -0.2) is 45.9 Å². The minimum absolute atomic E-state index is 0.0120. The van der Waals surface area contributed by atoms with E-state index in [4.69, 9.17) is 11.6 Å². The van der Waals surface area contributed by atoms with Gasteiger partial charge in [-0.15, -0.1) is 0 Å². The summed E-state index contributed by atoms with van der Waals surface area (Å²) < 4.78 is 26.6. The minimum Gasteiger partial charge on any atom is -0.347 e. The second kappa shape index (κ2) is 10.9. The molecule has 3 aromatic rings. The topological polar surface area (TPSA) is 107 Å². The first-order valence-corrected chi connectivity index (χ1v) is 10.8. The molecule has 34 heavy (non-hydrogen) atoms. The number of amides is 3. The number of halogens is 3. The van der Waals surface area contributed by atoms with Gasteiger partial charge in [0.05, 0.1) is 10.6 Å². The Bertz CT molecular complexity index is 1230. The third kappa shape index (κ3) is 5.76. The van der Waals surface area contributed by atoms with Crippen LogP contribution in [0.25, 0.3) is 0 Å². The Morgan fingerprint density at radius 3 is 2.44 bits per heavy atom. The molecule has 3 rings (SSSR count). The summed E-state index contributed by atoms with van der Waals surface area (Å²) in [6.45, 7) is 5.14. The number of carbonyl (C=O) groups excluding carboxylic acids is 3. The minimum atomic E-state index is -1.22. The zero-order valence-electron chi connectivity index (χ0n) is 18.4. The number of H-pyrrole nitrogens is 1. The zero-order valence-corrected chi connectivity index (χ0v) is 19.2. The van der Waals surface area contributed by atoms with Crippen molar-refractivity contribution in [1.29, 1.82) is 0 Å². The van der Waals surface area contributed by atoms with Gasteiger partial charge < -0.3 is 15.5 Å². The monoisotopic (exact) mass is 489 g/mol. The zero-order chi connectivity index (χ0) is 24.8. The van der Waals surface area contributed by atoms with E-state index in [1.165, 1.54) is 6.07 Å². The molecule has 0 saturated carbocycles. The SMILES string of the molecule is CCN(CC)C(=O)c1cccc(CNC(=O)c2cc(NC(=O)c3cc(F)c(F)cc3Cl)[nH]n2)c1. The molecule has 3 amide bonds. The third-order valence-corrected chi connectivity index (χ3v) is 5.30. The van der Waals surface area contributed by atoms with Gasteiger partial charge in [-0.2, -0.15) is 5.10 Å². The summed E-state index contributed by atoms with van der Waals surface area (Å²) in [6, 6.07) is 9.60. The van der Waals surface area contributed by atoms with Crippen molar-refractivity contribution in [3.8, 4) is 0 Å². The van der Waals surface area contributed by atoms with Crippen molar-refractivity contribution in [2.75, 3.05) is 18.4 Å². The number of aromatic nitrogens is 2. The van der Waals surface area contributed by atoms with Gasteiger partial charge in [-0.3, -0.25) is 19.5 Å². The van der Waals surface area contributed by atoms with Crippen LogP contribution in [-0.2, 0) is 6.54 Å². The maximum Gasteiger partial charge on any atom is 0.272 e. The number of hydrogen-bond donors (Lipinski definition) is 3. The number of aromatic amines is 1.